The van der Waals surface area contributed by atoms with Crippen LogP contribution in [0, 0.1) is 27.7 Å². The maximum atomic E-state index is 12.6. The van der Waals surface area contributed by atoms with Gasteiger partial charge in [-0.05, 0) is 106 Å². The molecule has 0 saturated carbocycles. The van der Waals surface area contributed by atoms with Crippen LogP contribution >= 0.6 is 12.4 Å². The lowest BCUT2D eigenvalue weighted by Gasteiger charge is -2.34. The molecule has 2 fully saturated rings. The number of hydrogen-bond donors (Lipinski definition) is 1. The van der Waals surface area contributed by atoms with Crippen LogP contribution < -0.4 is 5.32 Å². The highest BCUT2D eigenvalue weighted by atomic mass is 35.5. The first-order valence-corrected chi connectivity index (χ1v) is 13.9. The van der Waals surface area contributed by atoms with Gasteiger partial charge in [0, 0.05) is 12.8 Å². The first-order chi connectivity index (χ1) is 17.3. The van der Waals surface area contributed by atoms with Gasteiger partial charge in [0.15, 0.2) is 11.6 Å². The standard InChI is InChI=1S/C17H25NO.C15H21NO.CH4.ClH/c1-4-18-11-6-5-10-16(18)17(19)12-15-13(2)8-7-9-14(15)3;1-11-6-5-7-12(2)13(11)10-15(17)14-8-3-4-9-16-14;;/h7-9,16H,4-6,10-12H2,1-3H3;5-7,14,16H,3-4,8-10H2,1-2H3;1H4;1H. The Bertz CT molecular complexity index is 989. The Kier molecular flexibility index (Phi) is 15.1. The number of nitrogens with one attached hydrogen (secondary N) is 1. The largest absolute Gasteiger partial charge is 0.307 e. The van der Waals surface area contributed by atoms with Crippen LogP contribution in [0.15, 0.2) is 36.4 Å². The fraction of sp³-hybridized carbons (Fsp3) is 0.576. The van der Waals surface area contributed by atoms with Gasteiger partial charge in [-0.3, -0.25) is 14.5 Å². The van der Waals surface area contributed by atoms with Crippen LogP contribution in [0.2, 0.25) is 0 Å². The molecule has 5 heteroatoms. The number of aryl methyl sites for hydroxylation is 4. The molecule has 2 aliphatic heterocycles. The number of piperidine rings is 2. The third-order valence-electron chi connectivity index (χ3n) is 8.08. The lowest BCUT2D eigenvalue weighted by molar-refractivity contribution is -0.124. The van der Waals surface area contributed by atoms with Gasteiger partial charge in [-0.1, -0.05) is 63.6 Å². The van der Waals surface area contributed by atoms with Crippen molar-refractivity contribution in [2.75, 3.05) is 19.6 Å². The predicted molar refractivity (Wildman–Crippen MR) is 164 cm³/mol. The SMILES string of the molecule is C.CCN1CCCCC1C(=O)Cc1c(C)cccc1C.Cc1cccc(C)c1CC(=O)C1CCCCN1.Cl. The summed E-state index contributed by atoms with van der Waals surface area (Å²) >= 11 is 0. The molecule has 2 saturated heterocycles. The Labute approximate surface area is 238 Å². The highest BCUT2D eigenvalue weighted by molar-refractivity contribution is 5.87. The Hall–Kier alpha value is -2.01. The van der Waals surface area contributed by atoms with Crippen molar-refractivity contribution in [3.8, 4) is 0 Å². The van der Waals surface area contributed by atoms with Crippen LogP contribution in [0.4, 0.5) is 0 Å². The molecule has 0 amide bonds. The van der Waals surface area contributed by atoms with Gasteiger partial charge in [0.25, 0.3) is 0 Å². The quantitative estimate of drug-likeness (QED) is 0.413. The van der Waals surface area contributed by atoms with Gasteiger partial charge in [0.2, 0.25) is 0 Å². The summed E-state index contributed by atoms with van der Waals surface area (Å²) in [5, 5.41) is 3.33. The van der Waals surface area contributed by atoms with E-state index in [1.807, 2.05) is 0 Å². The number of carbonyl (C=O) groups is 2. The first-order valence-electron chi connectivity index (χ1n) is 13.9. The highest BCUT2D eigenvalue weighted by Gasteiger charge is 2.27. The van der Waals surface area contributed by atoms with Crippen LogP contribution in [-0.2, 0) is 22.4 Å². The van der Waals surface area contributed by atoms with E-state index in [0.29, 0.717) is 24.4 Å². The Morgan fingerprint density at radius 1 is 0.789 bits per heavy atom. The van der Waals surface area contributed by atoms with E-state index < -0.39 is 0 Å². The molecule has 38 heavy (non-hydrogen) atoms. The van der Waals surface area contributed by atoms with Crippen LogP contribution in [0.1, 0.15) is 86.3 Å². The number of nitrogens with zero attached hydrogens (tertiary/aromatic N) is 1. The second-order valence-electron chi connectivity index (χ2n) is 10.7. The minimum Gasteiger partial charge on any atom is -0.307 e. The van der Waals surface area contributed by atoms with E-state index in [-0.39, 0.29) is 31.9 Å². The number of likely N-dealkylation sites (N-methyl/N-ethyl adjacent to an activating group) is 1. The summed E-state index contributed by atoms with van der Waals surface area (Å²) in [4.78, 5) is 27.2. The van der Waals surface area contributed by atoms with Crippen molar-refractivity contribution in [2.45, 2.75) is 105 Å². The molecule has 0 aliphatic carbocycles. The number of benzene rings is 2. The van der Waals surface area contributed by atoms with E-state index in [2.05, 4.69) is 81.2 Å². The summed E-state index contributed by atoms with van der Waals surface area (Å²) in [6, 6.07) is 12.7. The predicted octanol–water partition coefficient (Wildman–Crippen LogP) is 6.90. The number of Topliss-reactive ketones (excluding diaryl/α,β-unsaturated/α-hetero) is 2. The van der Waals surface area contributed by atoms with Gasteiger partial charge in [-0.15, -0.1) is 12.4 Å². The summed E-state index contributed by atoms with van der Waals surface area (Å²) in [5.74, 6) is 0.751. The smallest absolute Gasteiger partial charge is 0.154 e. The second kappa shape index (κ2) is 16.8. The maximum Gasteiger partial charge on any atom is 0.154 e. The van der Waals surface area contributed by atoms with Crippen LogP contribution in [0.25, 0.3) is 0 Å². The molecular weight excluding hydrogens is 492 g/mol. The topological polar surface area (TPSA) is 49.4 Å². The molecule has 2 unspecified atom stereocenters. The van der Waals surface area contributed by atoms with Crippen molar-refractivity contribution in [3.05, 3.63) is 69.8 Å². The molecule has 0 aromatic heterocycles. The third kappa shape index (κ3) is 9.32. The van der Waals surface area contributed by atoms with Crippen LogP contribution in [0.3, 0.4) is 0 Å². The lowest BCUT2D eigenvalue weighted by Crippen LogP contribution is -2.45. The maximum absolute atomic E-state index is 12.6. The minimum absolute atomic E-state index is 0. The summed E-state index contributed by atoms with van der Waals surface area (Å²) in [7, 11) is 0. The molecule has 2 aliphatic rings. The average molecular weight is 543 g/mol. The summed E-state index contributed by atoms with van der Waals surface area (Å²) in [6.07, 6.45) is 8.03. The number of ketones is 2. The molecule has 0 spiro atoms. The molecule has 212 valence electrons. The molecule has 2 atom stereocenters. The Balaban J connectivity index is 0.000000363. The zero-order chi connectivity index (χ0) is 26.1. The molecule has 0 radical (unpaired) electrons. The van der Waals surface area contributed by atoms with Gasteiger partial charge in [0.05, 0.1) is 12.1 Å². The highest BCUT2D eigenvalue weighted by Crippen LogP contribution is 2.21. The van der Waals surface area contributed by atoms with E-state index in [4.69, 9.17) is 0 Å². The van der Waals surface area contributed by atoms with Crippen molar-refractivity contribution in [2.24, 2.45) is 0 Å². The van der Waals surface area contributed by atoms with Crippen molar-refractivity contribution in [1.29, 1.82) is 0 Å². The number of rotatable bonds is 7. The van der Waals surface area contributed by atoms with Gasteiger partial charge >= 0.3 is 0 Å². The number of carbonyl (C=O) groups excluding carboxylic acids is 2. The van der Waals surface area contributed by atoms with Crippen molar-refractivity contribution in [3.63, 3.8) is 0 Å². The summed E-state index contributed by atoms with van der Waals surface area (Å²) in [6.45, 7) is 13.6. The number of likely N-dealkylation sites (tertiary alicyclic amines) is 1. The summed E-state index contributed by atoms with van der Waals surface area (Å²) in [5.41, 5.74) is 7.39. The molecule has 1 N–H and O–H groups in total. The first kappa shape index (κ1) is 34.0. The lowest BCUT2D eigenvalue weighted by atomic mass is 9.91. The van der Waals surface area contributed by atoms with Gasteiger partial charge in [0.1, 0.15) is 0 Å². The molecule has 2 heterocycles. The fourth-order valence-electron chi connectivity index (χ4n) is 5.71. The normalized spacial score (nSPS) is 19.3. The minimum atomic E-state index is 0. The number of hydrogen-bond acceptors (Lipinski definition) is 4. The van der Waals surface area contributed by atoms with Gasteiger partial charge in [-0.2, -0.15) is 0 Å². The molecule has 4 nitrogen and oxygen atoms in total. The number of halogens is 1. The molecule has 2 aromatic rings. The van der Waals surface area contributed by atoms with Gasteiger partial charge < -0.3 is 5.32 Å². The summed E-state index contributed by atoms with van der Waals surface area (Å²) < 4.78 is 0. The van der Waals surface area contributed by atoms with Crippen molar-refractivity contribution in [1.82, 2.24) is 10.2 Å². The van der Waals surface area contributed by atoms with E-state index in [0.717, 1.165) is 32.5 Å². The van der Waals surface area contributed by atoms with Crippen molar-refractivity contribution < 1.29 is 9.59 Å². The average Bonchev–Trinajstić information content (AvgIpc) is 2.89. The van der Waals surface area contributed by atoms with Crippen LogP contribution in [-0.4, -0.2) is 48.2 Å². The third-order valence-corrected chi connectivity index (χ3v) is 8.08. The van der Waals surface area contributed by atoms with E-state index in [1.54, 1.807) is 0 Å². The molecule has 4 rings (SSSR count). The van der Waals surface area contributed by atoms with Crippen molar-refractivity contribution >= 4 is 24.0 Å². The second-order valence-corrected chi connectivity index (χ2v) is 10.7. The molecular formula is C33H51ClN2O2. The Morgan fingerprint density at radius 2 is 1.29 bits per heavy atom. The monoisotopic (exact) mass is 542 g/mol. The molecule has 0 bridgehead atoms. The van der Waals surface area contributed by atoms with E-state index in [1.165, 1.54) is 59.1 Å². The zero-order valence-electron chi connectivity index (χ0n) is 23.6. The fourth-order valence-corrected chi connectivity index (χ4v) is 5.71. The zero-order valence-corrected chi connectivity index (χ0v) is 24.4. The van der Waals surface area contributed by atoms with Crippen LogP contribution in [0.5, 0.6) is 0 Å². The molecule has 2 aromatic carbocycles. The van der Waals surface area contributed by atoms with Gasteiger partial charge in [-0.25, -0.2) is 0 Å². The van der Waals surface area contributed by atoms with E-state index in [9.17, 15) is 9.59 Å². The van der Waals surface area contributed by atoms with E-state index >= 15 is 0 Å². The Morgan fingerprint density at radius 3 is 1.76 bits per heavy atom.